The summed E-state index contributed by atoms with van der Waals surface area (Å²) in [5.41, 5.74) is 1.80. The molecule has 200 valence electrons. The van der Waals surface area contributed by atoms with E-state index in [1.54, 1.807) is 24.2 Å². The number of anilines is 1. The third-order valence-corrected chi connectivity index (χ3v) is 8.37. The predicted octanol–water partition coefficient (Wildman–Crippen LogP) is 6.16. The number of carbonyl (C=O) groups excluding carboxylic acids is 2. The van der Waals surface area contributed by atoms with Crippen molar-refractivity contribution in [1.29, 1.82) is 0 Å². The van der Waals surface area contributed by atoms with Gasteiger partial charge >= 0.3 is 5.97 Å². The molecule has 39 heavy (non-hydrogen) atoms. The van der Waals surface area contributed by atoms with E-state index in [1.165, 1.54) is 36.1 Å². The number of methoxy groups -OCH3 is 1. The molecule has 8 heteroatoms. The molecule has 4 aromatic rings. The molecule has 1 amide bonds. The molecule has 0 radical (unpaired) electrons. The van der Waals surface area contributed by atoms with Crippen molar-refractivity contribution in [2.45, 2.75) is 32.2 Å². The summed E-state index contributed by atoms with van der Waals surface area (Å²) in [6, 6.07) is 11.7. The lowest BCUT2D eigenvalue weighted by atomic mass is 9.87. The Hall–Kier alpha value is -4.07. The third kappa shape index (κ3) is 4.58. The van der Waals surface area contributed by atoms with Crippen LogP contribution in [0.3, 0.4) is 0 Å². The molecule has 0 saturated heterocycles. The second-order valence-corrected chi connectivity index (χ2v) is 10.7. The van der Waals surface area contributed by atoms with Crippen molar-refractivity contribution in [2.75, 3.05) is 12.0 Å². The quantitative estimate of drug-likeness (QED) is 0.222. The first-order valence-electron chi connectivity index (χ1n) is 13.2. The van der Waals surface area contributed by atoms with Crippen LogP contribution in [0.2, 0.25) is 0 Å². The molecule has 2 fully saturated rings. The number of halogens is 2. The molecule has 3 unspecified atom stereocenters. The molecule has 3 atom stereocenters. The maximum absolute atomic E-state index is 16.0. The molecule has 6 nitrogen and oxygen atoms in total. The lowest BCUT2D eigenvalue weighted by Crippen LogP contribution is -2.38. The first-order valence-corrected chi connectivity index (χ1v) is 13.2. The van der Waals surface area contributed by atoms with Gasteiger partial charge in [-0.2, -0.15) is 5.10 Å². The zero-order valence-electron chi connectivity index (χ0n) is 21.9. The number of hydrogen-bond acceptors (Lipinski definition) is 4. The first-order chi connectivity index (χ1) is 18.8. The molecule has 2 bridgehead atoms. The summed E-state index contributed by atoms with van der Waals surface area (Å²) in [7, 11) is 2.96. The van der Waals surface area contributed by atoms with E-state index >= 15 is 4.39 Å². The van der Waals surface area contributed by atoms with Crippen LogP contribution in [-0.2, 0) is 27.9 Å². The van der Waals surface area contributed by atoms with Crippen LogP contribution in [0.15, 0.2) is 54.7 Å². The monoisotopic (exact) mass is 529 g/mol. The van der Waals surface area contributed by atoms with Gasteiger partial charge in [-0.25, -0.2) is 13.6 Å². The van der Waals surface area contributed by atoms with Crippen molar-refractivity contribution in [3.05, 3.63) is 77.5 Å². The number of hydrogen-bond donors (Lipinski definition) is 0. The average molecular weight is 530 g/mol. The van der Waals surface area contributed by atoms with Crippen molar-refractivity contribution in [3.8, 4) is 0 Å². The second kappa shape index (κ2) is 9.91. The van der Waals surface area contributed by atoms with E-state index in [0.717, 1.165) is 25.7 Å². The van der Waals surface area contributed by atoms with Gasteiger partial charge in [0.1, 0.15) is 11.3 Å². The van der Waals surface area contributed by atoms with Crippen molar-refractivity contribution in [3.63, 3.8) is 0 Å². The maximum Gasteiger partial charge on any atom is 0.330 e. The van der Waals surface area contributed by atoms with Gasteiger partial charge in [-0.1, -0.05) is 24.6 Å². The zero-order chi connectivity index (χ0) is 27.3. The molecule has 3 aromatic carbocycles. The molecule has 2 saturated carbocycles. The number of carbonyl (C=O) groups is 2. The summed E-state index contributed by atoms with van der Waals surface area (Å²) in [5, 5.41) is 6.03. The minimum atomic E-state index is -0.566. The van der Waals surface area contributed by atoms with Crippen molar-refractivity contribution < 1.29 is 23.1 Å². The van der Waals surface area contributed by atoms with Crippen LogP contribution in [0.4, 0.5) is 14.5 Å². The summed E-state index contributed by atoms with van der Waals surface area (Å²) >= 11 is 0. The van der Waals surface area contributed by atoms with E-state index in [1.807, 2.05) is 24.3 Å². The molecule has 2 aliphatic rings. The van der Waals surface area contributed by atoms with Gasteiger partial charge < -0.3 is 9.64 Å². The number of amides is 1. The van der Waals surface area contributed by atoms with Gasteiger partial charge in [0.05, 0.1) is 19.9 Å². The smallest absolute Gasteiger partial charge is 0.330 e. The Bertz CT molecular complexity index is 1640. The van der Waals surface area contributed by atoms with E-state index in [9.17, 15) is 14.0 Å². The van der Waals surface area contributed by atoms with Gasteiger partial charge in [-0.05, 0) is 78.0 Å². The Morgan fingerprint density at radius 1 is 1.13 bits per heavy atom. The van der Waals surface area contributed by atoms with Crippen molar-refractivity contribution in [1.82, 2.24) is 9.78 Å². The standard InChI is InChI=1S/C31H29F2N3O3/c1-35-30-23(16-34-35)14-21-4-3-5-22(28(21)29(30)33)17-36(31(38)26-13-18-6-8-20(26)10-18)25-12-19(11-24(32)15-25)7-9-27(37)39-2/h3-5,7,9,11-12,14-16,18,20,26H,6,8,10,13,17H2,1-2H3. The van der Waals surface area contributed by atoms with Gasteiger partial charge in [0, 0.05) is 35.5 Å². The zero-order valence-corrected chi connectivity index (χ0v) is 21.9. The lowest BCUT2D eigenvalue weighted by Gasteiger charge is -2.30. The van der Waals surface area contributed by atoms with Crippen LogP contribution < -0.4 is 4.90 Å². The molecule has 1 heterocycles. The molecule has 0 N–H and O–H groups in total. The molecule has 6 rings (SSSR count). The van der Waals surface area contributed by atoms with Crippen LogP contribution >= 0.6 is 0 Å². The molecular weight excluding hydrogens is 500 g/mol. The van der Waals surface area contributed by atoms with Crippen LogP contribution in [0.1, 0.15) is 36.8 Å². The van der Waals surface area contributed by atoms with Gasteiger partial charge in [-0.3, -0.25) is 9.48 Å². The van der Waals surface area contributed by atoms with E-state index in [0.29, 0.717) is 50.3 Å². The van der Waals surface area contributed by atoms with Gasteiger partial charge in [-0.15, -0.1) is 0 Å². The molecule has 1 aromatic heterocycles. The highest BCUT2D eigenvalue weighted by Crippen LogP contribution is 2.49. The second-order valence-electron chi connectivity index (χ2n) is 10.7. The fourth-order valence-electron chi connectivity index (χ4n) is 6.55. The number of ether oxygens (including phenoxy) is 1. The fourth-order valence-corrected chi connectivity index (χ4v) is 6.55. The topological polar surface area (TPSA) is 64.4 Å². The summed E-state index contributed by atoms with van der Waals surface area (Å²) in [6.45, 7) is 0.0773. The number of aromatic nitrogens is 2. The molecule has 0 spiro atoms. The predicted molar refractivity (Wildman–Crippen MR) is 146 cm³/mol. The van der Waals surface area contributed by atoms with Gasteiger partial charge in [0.2, 0.25) is 5.91 Å². The van der Waals surface area contributed by atoms with E-state index in [4.69, 9.17) is 0 Å². The Balaban J connectivity index is 1.46. The van der Waals surface area contributed by atoms with E-state index < -0.39 is 17.6 Å². The number of benzene rings is 3. The third-order valence-electron chi connectivity index (χ3n) is 8.37. The maximum atomic E-state index is 16.0. The van der Waals surface area contributed by atoms with Gasteiger partial charge in [0.25, 0.3) is 0 Å². The van der Waals surface area contributed by atoms with Crippen LogP contribution in [0, 0.1) is 29.4 Å². The van der Waals surface area contributed by atoms with Crippen LogP contribution in [-0.4, -0.2) is 28.8 Å². The summed E-state index contributed by atoms with van der Waals surface area (Å²) < 4.78 is 37.0. The van der Waals surface area contributed by atoms with E-state index in [2.05, 4.69) is 9.84 Å². The Kier molecular flexibility index (Phi) is 6.41. The number of nitrogens with zero attached hydrogens (tertiary/aromatic N) is 3. The average Bonchev–Trinajstić information content (AvgIpc) is 3.66. The lowest BCUT2D eigenvalue weighted by molar-refractivity contribution is -0.134. The highest BCUT2D eigenvalue weighted by atomic mass is 19.1. The van der Waals surface area contributed by atoms with Crippen LogP contribution in [0.25, 0.3) is 27.8 Å². The Morgan fingerprint density at radius 3 is 2.72 bits per heavy atom. The minimum Gasteiger partial charge on any atom is -0.466 e. The summed E-state index contributed by atoms with van der Waals surface area (Å²) in [5.74, 6) is -0.863. The first kappa shape index (κ1) is 25.2. The van der Waals surface area contributed by atoms with E-state index in [-0.39, 0.29) is 18.4 Å². The van der Waals surface area contributed by atoms with Crippen LogP contribution in [0.5, 0.6) is 0 Å². The number of rotatable bonds is 6. The highest BCUT2D eigenvalue weighted by molar-refractivity contribution is 6.01. The van der Waals surface area contributed by atoms with Crippen molar-refractivity contribution in [2.24, 2.45) is 24.8 Å². The number of aryl methyl sites for hydroxylation is 1. The Morgan fingerprint density at radius 2 is 1.97 bits per heavy atom. The number of fused-ring (bicyclic) bond motifs is 4. The normalized spacial score (nSPS) is 20.4. The number of esters is 1. The SMILES string of the molecule is COC(=O)C=Cc1cc(F)cc(N(Cc2cccc3cc4cnn(C)c4c(F)c23)C(=O)C2CC3CCC2C3)c1. The molecule has 2 aliphatic carbocycles. The molecular formula is C31H29F2N3O3. The Labute approximate surface area is 224 Å². The summed E-state index contributed by atoms with van der Waals surface area (Å²) in [4.78, 5) is 27.3. The molecule has 0 aliphatic heterocycles. The highest BCUT2D eigenvalue weighted by Gasteiger charge is 2.44. The largest absolute Gasteiger partial charge is 0.466 e. The summed E-state index contributed by atoms with van der Waals surface area (Å²) in [6.07, 6.45) is 8.32. The fraction of sp³-hybridized carbons (Fsp3) is 0.323. The minimum absolute atomic E-state index is 0.0743. The van der Waals surface area contributed by atoms with Crippen molar-refractivity contribution >= 4 is 45.3 Å². The van der Waals surface area contributed by atoms with Gasteiger partial charge in [0.15, 0.2) is 5.82 Å².